The van der Waals surface area contributed by atoms with Crippen LogP contribution in [-0.2, 0) is 14.8 Å². The molecule has 1 aromatic heterocycles. The average Bonchev–Trinajstić information content (AvgIpc) is 3.33. The van der Waals surface area contributed by atoms with Gasteiger partial charge in [-0.05, 0) is 43.2 Å². The molecule has 6 rings (SSSR count). The summed E-state index contributed by atoms with van der Waals surface area (Å²) in [6.45, 7) is 3.35. The standard InChI is InChI=1S/C22H28N6O4S2/c29-20-6-2-4-18-16-11-15(13-28(18)20)12-26(14-16)22(30)25-7-9-27(10-8-25)34(31,32)19-5-1-3-17-21(19)24-33-23-17/h1,3,5,15-16,18H,2,4,6-14H2/t15-,16-,18-/m1/s1. The molecule has 0 radical (unpaired) electrons. The highest BCUT2D eigenvalue weighted by molar-refractivity contribution is 7.89. The van der Waals surface area contributed by atoms with E-state index < -0.39 is 10.0 Å². The number of rotatable bonds is 2. The van der Waals surface area contributed by atoms with Crippen LogP contribution in [0, 0.1) is 11.8 Å². The van der Waals surface area contributed by atoms with Crippen molar-refractivity contribution < 1.29 is 18.0 Å². The van der Waals surface area contributed by atoms with E-state index in [-0.39, 0.29) is 36.0 Å². The van der Waals surface area contributed by atoms with Gasteiger partial charge in [0.25, 0.3) is 0 Å². The number of hydrogen-bond acceptors (Lipinski definition) is 7. The molecule has 5 heterocycles. The van der Waals surface area contributed by atoms with E-state index in [1.165, 1.54) is 4.31 Å². The van der Waals surface area contributed by atoms with Crippen molar-refractivity contribution in [2.24, 2.45) is 11.8 Å². The molecule has 12 heteroatoms. The van der Waals surface area contributed by atoms with E-state index in [0.29, 0.717) is 55.5 Å². The quantitative estimate of drug-likeness (QED) is 0.613. The van der Waals surface area contributed by atoms with Gasteiger partial charge in [0.05, 0.1) is 11.7 Å². The molecule has 0 aliphatic carbocycles. The molecule has 182 valence electrons. The number of amides is 3. The molecule has 0 spiro atoms. The lowest BCUT2D eigenvalue weighted by Gasteiger charge is -2.53. The first-order chi connectivity index (χ1) is 16.4. The number of carbonyl (C=O) groups is 2. The molecule has 2 bridgehead atoms. The second kappa shape index (κ2) is 8.42. The van der Waals surface area contributed by atoms with Gasteiger partial charge in [-0.1, -0.05) is 6.07 Å². The third kappa shape index (κ3) is 3.66. The summed E-state index contributed by atoms with van der Waals surface area (Å²) in [5, 5.41) is 0. The molecular formula is C22H28N6O4S2. The first-order valence-corrected chi connectivity index (χ1v) is 14.1. The normalized spacial score (nSPS) is 28.3. The Morgan fingerprint density at radius 3 is 2.68 bits per heavy atom. The van der Waals surface area contributed by atoms with E-state index in [2.05, 4.69) is 13.6 Å². The van der Waals surface area contributed by atoms with Crippen molar-refractivity contribution in [1.29, 1.82) is 0 Å². The fourth-order valence-electron chi connectivity index (χ4n) is 6.21. The number of piperazine rings is 1. The summed E-state index contributed by atoms with van der Waals surface area (Å²) in [6, 6.07) is 5.27. The zero-order chi connectivity index (χ0) is 23.4. The van der Waals surface area contributed by atoms with Gasteiger partial charge < -0.3 is 14.7 Å². The molecule has 4 aliphatic heterocycles. The largest absolute Gasteiger partial charge is 0.339 e. The monoisotopic (exact) mass is 504 g/mol. The number of urea groups is 1. The number of nitrogens with zero attached hydrogens (tertiary/aromatic N) is 6. The molecule has 3 amide bonds. The number of hydrogen-bond donors (Lipinski definition) is 0. The van der Waals surface area contributed by atoms with Crippen molar-refractivity contribution in [3.63, 3.8) is 0 Å². The fourth-order valence-corrected chi connectivity index (χ4v) is 8.39. The predicted octanol–water partition coefficient (Wildman–Crippen LogP) is 1.45. The van der Waals surface area contributed by atoms with Crippen LogP contribution >= 0.6 is 11.7 Å². The van der Waals surface area contributed by atoms with Crippen LogP contribution in [-0.4, -0.2) is 100.0 Å². The van der Waals surface area contributed by atoms with Crippen LogP contribution in [0.25, 0.3) is 11.0 Å². The van der Waals surface area contributed by atoms with Gasteiger partial charge in [0.15, 0.2) is 0 Å². The maximum absolute atomic E-state index is 13.4. The van der Waals surface area contributed by atoms with Gasteiger partial charge in [-0.15, -0.1) is 0 Å². The maximum Gasteiger partial charge on any atom is 0.320 e. The second-order valence-corrected chi connectivity index (χ2v) is 12.3. The maximum atomic E-state index is 13.4. The van der Waals surface area contributed by atoms with Gasteiger partial charge in [0, 0.05) is 58.3 Å². The highest BCUT2D eigenvalue weighted by Crippen LogP contribution is 2.38. The van der Waals surface area contributed by atoms with Crippen LogP contribution in [0.3, 0.4) is 0 Å². The fraction of sp³-hybridized carbons (Fsp3) is 0.636. The Labute approximate surface area is 202 Å². The molecule has 4 saturated heterocycles. The van der Waals surface area contributed by atoms with E-state index in [9.17, 15) is 18.0 Å². The third-order valence-corrected chi connectivity index (χ3v) is 10.3. The van der Waals surface area contributed by atoms with Crippen LogP contribution in [0.2, 0.25) is 0 Å². The Kier molecular flexibility index (Phi) is 5.49. The smallest absolute Gasteiger partial charge is 0.320 e. The molecular weight excluding hydrogens is 476 g/mol. The predicted molar refractivity (Wildman–Crippen MR) is 126 cm³/mol. The minimum atomic E-state index is -3.71. The zero-order valence-electron chi connectivity index (χ0n) is 18.9. The molecule has 0 saturated carbocycles. The molecule has 1 aromatic carbocycles. The molecule has 10 nitrogen and oxygen atoms in total. The first-order valence-electron chi connectivity index (χ1n) is 12.0. The molecule has 34 heavy (non-hydrogen) atoms. The zero-order valence-corrected chi connectivity index (χ0v) is 20.5. The average molecular weight is 505 g/mol. The van der Waals surface area contributed by atoms with Crippen LogP contribution in [0.15, 0.2) is 23.1 Å². The van der Waals surface area contributed by atoms with Crippen LogP contribution < -0.4 is 0 Å². The van der Waals surface area contributed by atoms with Crippen molar-refractivity contribution in [1.82, 2.24) is 27.8 Å². The van der Waals surface area contributed by atoms with Crippen LogP contribution in [0.5, 0.6) is 0 Å². The lowest BCUT2D eigenvalue weighted by Crippen LogP contribution is -2.63. The summed E-state index contributed by atoms with van der Waals surface area (Å²) >= 11 is 1.00. The number of fused-ring (bicyclic) bond motifs is 5. The molecule has 0 unspecified atom stereocenters. The molecule has 0 N–H and O–H groups in total. The molecule has 4 aliphatic rings. The van der Waals surface area contributed by atoms with Gasteiger partial charge in [-0.2, -0.15) is 13.1 Å². The summed E-state index contributed by atoms with van der Waals surface area (Å²) in [7, 11) is -3.71. The van der Waals surface area contributed by atoms with Crippen molar-refractivity contribution >= 4 is 44.7 Å². The van der Waals surface area contributed by atoms with E-state index in [0.717, 1.165) is 37.5 Å². The first kappa shape index (κ1) is 22.2. The van der Waals surface area contributed by atoms with Gasteiger partial charge in [0.1, 0.15) is 15.9 Å². The number of piperidine rings is 3. The highest BCUT2D eigenvalue weighted by atomic mass is 32.2. The molecule has 4 fully saturated rings. The lowest BCUT2D eigenvalue weighted by atomic mass is 9.76. The van der Waals surface area contributed by atoms with Gasteiger partial charge in [-0.25, -0.2) is 13.2 Å². The summed E-state index contributed by atoms with van der Waals surface area (Å²) in [4.78, 5) is 31.7. The van der Waals surface area contributed by atoms with Crippen molar-refractivity contribution in [3.05, 3.63) is 18.2 Å². The number of benzene rings is 1. The number of sulfonamides is 1. The summed E-state index contributed by atoms with van der Waals surface area (Å²) < 4.78 is 36.3. The summed E-state index contributed by atoms with van der Waals surface area (Å²) in [6.07, 6.45) is 3.71. The van der Waals surface area contributed by atoms with E-state index in [4.69, 9.17) is 0 Å². The second-order valence-electron chi connectivity index (χ2n) is 9.83. The van der Waals surface area contributed by atoms with Crippen molar-refractivity contribution in [3.8, 4) is 0 Å². The van der Waals surface area contributed by atoms with Gasteiger partial charge >= 0.3 is 6.03 Å². The topological polar surface area (TPSA) is 107 Å². The lowest BCUT2D eigenvalue weighted by molar-refractivity contribution is -0.144. The van der Waals surface area contributed by atoms with Gasteiger partial charge in [-0.3, -0.25) is 4.79 Å². The Bertz CT molecular complexity index is 1220. The summed E-state index contributed by atoms with van der Waals surface area (Å²) in [5.74, 6) is 0.941. The Morgan fingerprint density at radius 2 is 1.85 bits per heavy atom. The third-order valence-electron chi connectivity index (χ3n) is 7.83. The van der Waals surface area contributed by atoms with E-state index >= 15 is 0 Å². The summed E-state index contributed by atoms with van der Waals surface area (Å²) in [5.41, 5.74) is 0.981. The number of carbonyl (C=O) groups excluding carboxylic acids is 2. The van der Waals surface area contributed by atoms with E-state index in [1.54, 1.807) is 23.1 Å². The Balaban J connectivity index is 1.12. The highest BCUT2D eigenvalue weighted by Gasteiger charge is 2.45. The van der Waals surface area contributed by atoms with Crippen molar-refractivity contribution in [2.45, 2.75) is 36.6 Å². The number of aromatic nitrogens is 2. The molecule has 3 atom stereocenters. The van der Waals surface area contributed by atoms with Crippen LogP contribution in [0.4, 0.5) is 4.79 Å². The Morgan fingerprint density at radius 1 is 1.03 bits per heavy atom. The SMILES string of the molecule is O=C(N1CCN(S(=O)(=O)c2cccc3nsnc23)CC1)N1C[C@H]2C[C@H](C1)[C@H]1CCCC(=O)N1C2. The van der Waals surface area contributed by atoms with Crippen molar-refractivity contribution in [2.75, 3.05) is 45.8 Å². The number of likely N-dealkylation sites (tertiary alicyclic amines) is 1. The minimum absolute atomic E-state index is 0.00635. The van der Waals surface area contributed by atoms with E-state index in [1.807, 2.05) is 4.90 Å². The van der Waals surface area contributed by atoms with Crippen LogP contribution in [0.1, 0.15) is 25.7 Å². The minimum Gasteiger partial charge on any atom is -0.339 e. The van der Waals surface area contributed by atoms with Gasteiger partial charge in [0.2, 0.25) is 15.9 Å². The molecule has 2 aromatic rings. The Hall–Kier alpha value is -2.31.